The van der Waals surface area contributed by atoms with Crippen LogP contribution >= 0.6 is 27.5 Å². The molecule has 1 N–H and O–H groups in total. The van der Waals surface area contributed by atoms with E-state index in [1.165, 1.54) is 5.56 Å². The molecule has 0 aliphatic carbocycles. The number of benzene rings is 2. The molecule has 2 nitrogen and oxygen atoms in total. The van der Waals surface area contributed by atoms with Gasteiger partial charge in [-0.25, -0.2) is 0 Å². The molecule has 19 heavy (non-hydrogen) atoms. The average Bonchev–Trinajstić information content (AvgIpc) is 2.41. The highest BCUT2D eigenvalue weighted by Crippen LogP contribution is 2.30. The van der Waals surface area contributed by atoms with Gasteiger partial charge in [-0.05, 0) is 46.6 Å². The van der Waals surface area contributed by atoms with E-state index in [9.17, 15) is 0 Å². The fourth-order valence-corrected chi connectivity index (χ4v) is 2.51. The SMILES string of the molecule is COc1cccc(Cl)c1CNc1cccc(C)c1Br. The second-order valence-corrected chi connectivity index (χ2v) is 5.41. The smallest absolute Gasteiger partial charge is 0.125 e. The predicted molar refractivity (Wildman–Crippen MR) is 84.2 cm³/mol. The lowest BCUT2D eigenvalue weighted by molar-refractivity contribution is 0.410. The van der Waals surface area contributed by atoms with Crippen LogP contribution in [0.1, 0.15) is 11.1 Å². The fourth-order valence-electron chi connectivity index (χ4n) is 1.87. The third-order valence-electron chi connectivity index (χ3n) is 2.94. The van der Waals surface area contributed by atoms with Gasteiger partial charge in [-0.3, -0.25) is 0 Å². The van der Waals surface area contributed by atoms with Gasteiger partial charge in [-0.2, -0.15) is 0 Å². The van der Waals surface area contributed by atoms with Crippen LogP contribution in [0.15, 0.2) is 40.9 Å². The van der Waals surface area contributed by atoms with Gasteiger partial charge in [0.05, 0.1) is 7.11 Å². The summed E-state index contributed by atoms with van der Waals surface area (Å²) in [6.45, 7) is 2.68. The van der Waals surface area contributed by atoms with E-state index in [2.05, 4.69) is 34.2 Å². The van der Waals surface area contributed by atoms with Crippen LogP contribution in [0.4, 0.5) is 5.69 Å². The molecule has 0 aliphatic heterocycles. The lowest BCUT2D eigenvalue weighted by atomic mass is 10.1. The summed E-state index contributed by atoms with van der Waals surface area (Å²) < 4.78 is 6.40. The Morgan fingerprint density at radius 1 is 1.21 bits per heavy atom. The number of nitrogens with one attached hydrogen (secondary N) is 1. The van der Waals surface area contributed by atoms with Crippen molar-refractivity contribution in [2.75, 3.05) is 12.4 Å². The second kappa shape index (κ2) is 6.31. The summed E-state index contributed by atoms with van der Waals surface area (Å²) in [4.78, 5) is 0. The molecule has 2 aromatic rings. The minimum absolute atomic E-state index is 0.616. The van der Waals surface area contributed by atoms with Crippen LogP contribution in [0, 0.1) is 6.92 Å². The number of hydrogen-bond acceptors (Lipinski definition) is 2. The van der Waals surface area contributed by atoms with Crippen LogP contribution in [0.2, 0.25) is 5.02 Å². The first-order valence-electron chi connectivity index (χ1n) is 5.94. The third kappa shape index (κ3) is 3.23. The van der Waals surface area contributed by atoms with Crippen molar-refractivity contribution in [2.45, 2.75) is 13.5 Å². The number of aryl methyl sites for hydroxylation is 1. The molecular formula is C15H15BrClNO. The summed E-state index contributed by atoms with van der Waals surface area (Å²) in [6.07, 6.45) is 0. The van der Waals surface area contributed by atoms with Gasteiger partial charge in [-0.15, -0.1) is 0 Å². The molecule has 0 saturated heterocycles. The van der Waals surface area contributed by atoms with Gasteiger partial charge in [0, 0.05) is 27.3 Å². The maximum Gasteiger partial charge on any atom is 0.125 e. The van der Waals surface area contributed by atoms with Crippen LogP contribution in [0.5, 0.6) is 5.75 Å². The van der Waals surface area contributed by atoms with Gasteiger partial charge in [0.2, 0.25) is 0 Å². The van der Waals surface area contributed by atoms with Crippen molar-refractivity contribution in [3.05, 3.63) is 57.0 Å². The molecule has 0 radical (unpaired) electrons. The summed E-state index contributed by atoms with van der Waals surface area (Å²) in [6, 6.07) is 11.8. The largest absolute Gasteiger partial charge is 0.496 e. The zero-order valence-electron chi connectivity index (χ0n) is 10.8. The first kappa shape index (κ1) is 14.2. The average molecular weight is 341 g/mol. The van der Waals surface area contributed by atoms with Crippen molar-refractivity contribution >= 4 is 33.2 Å². The lowest BCUT2D eigenvalue weighted by Gasteiger charge is -2.14. The Morgan fingerprint density at radius 3 is 2.68 bits per heavy atom. The van der Waals surface area contributed by atoms with Gasteiger partial charge in [0.1, 0.15) is 5.75 Å². The standard InChI is InChI=1S/C15H15BrClNO/c1-10-5-3-7-13(15(10)16)18-9-11-12(17)6-4-8-14(11)19-2/h3-8,18H,9H2,1-2H3. The quantitative estimate of drug-likeness (QED) is 0.842. The Morgan fingerprint density at radius 2 is 1.95 bits per heavy atom. The summed E-state index contributed by atoms with van der Waals surface area (Å²) >= 11 is 9.79. The Balaban J connectivity index is 2.21. The van der Waals surface area contributed by atoms with E-state index in [0.717, 1.165) is 21.5 Å². The van der Waals surface area contributed by atoms with Crippen LogP contribution < -0.4 is 10.1 Å². The normalized spacial score (nSPS) is 10.3. The van der Waals surface area contributed by atoms with Gasteiger partial charge in [0.25, 0.3) is 0 Å². The minimum Gasteiger partial charge on any atom is -0.496 e. The molecule has 0 bridgehead atoms. The van der Waals surface area contributed by atoms with E-state index in [-0.39, 0.29) is 0 Å². The molecule has 2 rings (SSSR count). The summed E-state index contributed by atoms with van der Waals surface area (Å²) in [5.41, 5.74) is 3.19. The van der Waals surface area contributed by atoms with Gasteiger partial charge < -0.3 is 10.1 Å². The third-order valence-corrected chi connectivity index (χ3v) is 4.35. The Kier molecular flexibility index (Phi) is 4.72. The van der Waals surface area contributed by atoms with Gasteiger partial charge in [-0.1, -0.05) is 29.8 Å². The molecule has 0 fully saturated rings. The maximum absolute atomic E-state index is 6.21. The Labute approximate surface area is 126 Å². The Hall–Kier alpha value is -1.19. The van der Waals surface area contributed by atoms with Gasteiger partial charge in [0.15, 0.2) is 0 Å². The number of anilines is 1. The number of hydrogen-bond donors (Lipinski definition) is 1. The lowest BCUT2D eigenvalue weighted by Crippen LogP contribution is -2.03. The van der Waals surface area contributed by atoms with Crippen LogP contribution in [0.25, 0.3) is 0 Å². The van der Waals surface area contributed by atoms with Crippen LogP contribution in [-0.2, 0) is 6.54 Å². The number of rotatable bonds is 4. The first-order valence-corrected chi connectivity index (χ1v) is 7.11. The molecule has 4 heteroatoms. The second-order valence-electron chi connectivity index (χ2n) is 4.21. The summed E-state index contributed by atoms with van der Waals surface area (Å²) in [5.74, 6) is 0.795. The molecular weight excluding hydrogens is 326 g/mol. The number of ether oxygens (including phenoxy) is 1. The van der Waals surface area contributed by atoms with E-state index in [4.69, 9.17) is 16.3 Å². The molecule has 0 saturated carbocycles. The zero-order valence-corrected chi connectivity index (χ0v) is 13.2. The number of halogens is 2. The van der Waals surface area contributed by atoms with Crippen LogP contribution in [-0.4, -0.2) is 7.11 Å². The molecule has 100 valence electrons. The van der Waals surface area contributed by atoms with Crippen molar-refractivity contribution in [3.8, 4) is 5.75 Å². The molecule has 0 spiro atoms. The van der Waals surface area contributed by atoms with Crippen LogP contribution in [0.3, 0.4) is 0 Å². The van der Waals surface area contributed by atoms with E-state index in [1.54, 1.807) is 7.11 Å². The molecule has 0 atom stereocenters. The zero-order chi connectivity index (χ0) is 13.8. The van der Waals surface area contributed by atoms with Crippen molar-refractivity contribution in [3.63, 3.8) is 0 Å². The topological polar surface area (TPSA) is 21.3 Å². The van der Waals surface area contributed by atoms with Crippen molar-refractivity contribution in [1.29, 1.82) is 0 Å². The molecule has 0 amide bonds. The fraction of sp³-hybridized carbons (Fsp3) is 0.200. The van der Waals surface area contributed by atoms with Crippen molar-refractivity contribution < 1.29 is 4.74 Å². The van der Waals surface area contributed by atoms with E-state index in [0.29, 0.717) is 11.6 Å². The maximum atomic E-state index is 6.21. The summed E-state index contributed by atoms with van der Waals surface area (Å²) in [7, 11) is 1.65. The summed E-state index contributed by atoms with van der Waals surface area (Å²) in [5, 5.41) is 4.08. The molecule has 0 unspecified atom stereocenters. The molecule has 0 heterocycles. The first-order chi connectivity index (χ1) is 9.13. The van der Waals surface area contributed by atoms with E-state index >= 15 is 0 Å². The highest BCUT2D eigenvalue weighted by atomic mass is 79.9. The van der Waals surface area contributed by atoms with E-state index < -0.39 is 0 Å². The number of methoxy groups -OCH3 is 1. The van der Waals surface area contributed by atoms with Crippen molar-refractivity contribution in [1.82, 2.24) is 0 Å². The highest BCUT2D eigenvalue weighted by molar-refractivity contribution is 9.10. The van der Waals surface area contributed by atoms with E-state index in [1.807, 2.05) is 30.3 Å². The minimum atomic E-state index is 0.616. The molecule has 2 aromatic carbocycles. The molecule has 0 aliphatic rings. The Bertz CT molecular complexity index is 586. The highest BCUT2D eigenvalue weighted by Gasteiger charge is 2.08. The predicted octanol–water partition coefficient (Wildman–Crippen LogP) is 5.03. The van der Waals surface area contributed by atoms with Gasteiger partial charge >= 0.3 is 0 Å². The molecule has 0 aromatic heterocycles. The monoisotopic (exact) mass is 339 g/mol. The van der Waals surface area contributed by atoms with Crippen molar-refractivity contribution in [2.24, 2.45) is 0 Å².